The van der Waals surface area contributed by atoms with E-state index in [1.807, 2.05) is 0 Å². The zero-order valence-corrected chi connectivity index (χ0v) is 16.0. The number of rotatable bonds is 6. The predicted molar refractivity (Wildman–Crippen MR) is 98.2 cm³/mol. The van der Waals surface area contributed by atoms with Crippen LogP contribution in [0, 0.1) is 6.92 Å². The SMILES string of the molecule is COc1ccc(CN(C)C(=O)c2[nH]c3c(c2C)C(=O)CCC3)cc1OC(F)F. The second kappa shape index (κ2) is 8.00. The average Bonchev–Trinajstić information content (AvgIpc) is 2.98. The van der Waals surface area contributed by atoms with Crippen LogP contribution in [0.5, 0.6) is 11.5 Å². The van der Waals surface area contributed by atoms with Gasteiger partial charge in [-0.3, -0.25) is 9.59 Å². The first kappa shape index (κ1) is 19.9. The van der Waals surface area contributed by atoms with Crippen LogP contribution in [-0.2, 0) is 13.0 Å². The van der Waals surface area contributed by atoms with Gasteiger partial charge in [-0.05, 0) is 43.0 Å². The number of aromatic nitrogens is 1. The fourth-order valence-corrected chi connectivity index (χ4v) is 3.53. The third-order valence-corrected chi connectivity index (χ3v) is 4.86. The monoisotopic (exact) mass is 392 g/mol. The summed E-state index contributed by atoms with van der Waals surface area (Å²) < 4.78 is 34.7. The molecule has 3 rings (SSSR count). The van der Waals surface area contributed by atoms with E-state index in [9.17, 15) is 18.4 Å². The zero-order valence-electron chi connectivity index (χ0n) is 16.0. The van der Waals surface area contributed by atoms with E-state index in [0.29, 0.717) is 28.8 Å². The minimum atomic E-state index is -2.98. The van der Waals surface area contributed by atoms with Crippen molar-refractivity contribution in [1.82, 2.24) is 9.88 Å². The van der Waals surface area contributed by atoms with Crippen molar-refractivity contribution in [3.05, 3.63) is 46.3 Å². The maximum atomic E-state index is 12.9. The van der Waals surface area contributed by atoms with Gasteiger partial charge in [0.25, 0.3) is 5.91 Å². The Kier molecular flexibility index (Phi) is 5.67. The molecule has 0 spiro atoms. The molecule has 0 saturated carbocycles. The number of fused-ring (bicyclic) bond motifs is 1. The molecule has 1 aliphatic carbocycles. The number of aromatic amines is 1. The molecule has 28 heavy (non-hydrogen) atoms. The van der Waals surface area contributed by atoms with E-state index < -0.39 is 6.61 Å². The minimum absolute atomic E-state index is 0.0562. The van der Waals surface area contributed by atoms with E-state index in [1.165, 1.54) is 24.1 Å². The predicted octanol–water partition coefficient (Wildman–Crippen LogP) is 3.72. The van der Waals surface area contributed by atoms with E-state index in [2.05, 4.69) is 9.72 Å². The van der Waals surface area contributed by atoms with Crippen LogP contribution in [0.25, 0.3) is 0 Å². The van der Waals surface area contributed by atoms with Crippen LogP contribution in [0.3, 0.4) is 0 Å². The quantitative estimate of drug-likeness (QED) is 0.813. The van der Waals surface area contributed by atoms with E-state index >= 15 is 0 Å². The van der Waals surface area contributed by atoms with Gasteiger partial charge >= 0.3 is 6.61 Å². The molecule has 0 unspecified atom stereocenters. The lowest BCUT2D eigenvalue weighted by Crippen LogP contribution is -2.27. The summed E-state index contributed by atoms with van der Waals surface area (Å²) in [5.41, 5.74) is 3.09. The highest BCUT2D eigenvalue weighted by Crippen LogP contribution is 2.31. The molecule has 1 heterocycles. The first-order valence-electron chi connectivity index (χ1n) is 8.93. The summed E-state index contributed by atoms with van der Waals surface area (Å²) in [6, 6.07) is 4.62. The molecule has 2 aromatic rings. The van der Waals surface area contributed by atoms with Gasteiger partial charge in [0.2, 0.25) is 0 Å². The van der Waals surface area contributed by atoms with Gasteiger partial charge < -0.3 is 19.4 Å². The van der Waals surface area contributed by atoms with Crippen LogP contribution in [0.2, 0.25) is 0 Å². The maximum Gasteiger partial charge on any atom is 0.387 e. The van der Waals surface area contributed by atoms with Gasteiger partial charge in [-0.25, -0.2) is 0 Å². The highest BCUT2D eigenvalue weighted by atomic mass is 19.3. The standard InChI is InChI=1S/C20H22F2N2O4/c1-11-17-13(5-4-6-14(17)25)23-18(11)19(26)24(2)10-12-7-8-15(27-3)16(9-12)28-20(21)22/h7-9,20,23H,4-6,10H2,1-3H3. The number of ether oxygens (including phenoxy) is 2. The molecule has 0 fully saturated rings. The van der Waals surface area contributed by atoms with Gasteiger partial charge in [0.1, 0.15) is 5.69 Å². The number of aryl methyl sites for hydroxylation is 1. The third kappa shape index (κ3) is 3.85. The second-order valence-electron chi connectivity index (χ2n) is 6.78. The lowest BCUT2D eigenvalue weighted by Gasteiger charge is -2.18. The van der Waals surface area contributed by atoms with Gasteiger partial charge in [0, 0.05) is 31.3 Å². The highest BCUT2D eigenvalue weighted by molar-refractivity contribution is 6.04. The number of carbonyl (C=O) groups excluding carboxylic acids is 2. The number of methoxy groups -OCH3 is 1. The molecule has 150 valence electrons. The molecule has 1 N–H and O–H groups in total. The second-order valence-corrected chi connectivity index (χ2v) is 6.78. The molecular weight excluding hydrogens is 370 g/mol. The molecular formula is C20H22F2N2O4. The van der Waals surface area contributed by atoms with Crippen molar-refractivity contribution >= 4 is 11.7 Å². The fourth-order valence-electron chi connectivity index (χ4n) is 3.53. The van der Waals surface area contributed by atoms with Gasteiger partial charge in [0.05, 0.1) is 7.11 Å². The van der Waals surface area contributed by atoms with Crippen LogP contribution in [0.1, 0.15) is 50.5 Å². The Bertz CT molecular complexity index is 908. The number of halogens is 2. The van der Waals surface area contributed by atoms with Crippen molar-refractivity contribution in [3.63, 3.8) is 0 Å². The number of hydrogen-bond donors (Lipinski definition) is 1. The van der Waals surface area contributed by atoms with Crippen LogP contribution in [0.4, 0.5) is 8.78 Å². The van der Waals surface area contributed by atoms with Crippen LogP contribution >= 0.6 is 0 Å². The smallest absolute Gasteiger partial charge is 0.387 e. The van der Waals surface area contributed by atoms with Crippen molar-refractivity contribution < 1.29 is 27.8 Å². The van der Waals surface area contributed by atoms with Crippen LogP contribution in [0.15, 0.2) is 18.2 Å². The lowest BCUT2D eigenvalue weighted by molar-refractivity contribution is -0.0512. The molecule has 1 aromatic heterocycles. The number of nitrogens with zero attached hydrogens (tertiary/aromatic N) is 1. The Morgan fingerprint density at radius 3 is 2.68 bits per heavy atom. The van der Waals surface area contributed by atoms with Crippen molar-refractivity contribution in [1.29, 1.82) is 0 Å². The van der Waals surface area contributed by atoms with Gasteiger partial charge in [-0.15, -0.1) is 0 Å². The van der Waals surface area contributed by atoms with Gasteiger partial charge in [-0.2, -0.15) is 8.78 Å². The van der Waals surface area contributed by atoms with E-state index in [0.717, 1.165) is 18.5 Å². The van der Waals surface area contributed by atoms with E-state index in [1.54, 1.807) is 20.0 Å². The Labute approximate surface area is 161 Å². The summed E-state index contributed by atoms with van der Waals surface area (Å²) in [6.07, 6.45) is 2.01. The average molecular weight is 392 g/mol. The van der Waals surface area contributed by atoms with Gasteiger partial charge in [0.15, 0.2) is 17.3 Å². The summed E-state index contributed by atoms with van der Waals surface area (Å²) in [7, 11) is 2.97. The number of hydrogen-bond acceptors (Lipinski definition) is 4. The van der Waals surface area contributed by atoms with Crippen molar-refractivity contribution in [2.24, 2.45) is 0 Å². The number of amides is 1. The summed E-state index contributed by atoms with van der Waals surface area (Å²) in [5, 5.41) is 0. The number of nitrogens with one attached hydrogen (secondary N) is 1. The summed E-state index contributed by atoms with van der Waals surface area (Å²) >= 11 is 0. The summed E-state index contributed by atoms with van der Waals surface area (Å²) in [5.74, 6) is -0.120. The molecule has 1 aliphatic rings. The molecule has 6 nitrogen and oxygen atoms in total. The number of H-pyrrole nitrogens is 1. The highest BCUT2D eigenvalue weighted by Gasteiger charge is 2.27. The molecule has 0 atom stereocenters. The Morgan fingerprint density at radius 1 is 1.29 bits per heavy atom. The summed E-state index contributed by atoms with van der Waals surface area (Å²) in [6.45, 7) is -1.03. The number of carbonyl (C=O) groups is 2. The Balaban J connectivity index is 1.81. The molecule has 0 aliphatic heterocycles. The Morgan fingerprint density at radius 2 is 2.04 bits per heavy atom. The van der Waals surface area contributed by atoms with Crippen molar-refractivity contribution in [3.8, 4) is 11.5 Å². The number of Topliss-reactive ketones (excluding diaryl/α,β-unsaturated/α-hetero) is 1. The molecule has 0 saturated heterocycles. The topological polar surface area (TPSA) is 71.6 Å². The van der Waals surface area contributed by atoms with E-state index in [-0.39, 0.29) is 29.7 Å². The minimum Gasteiger partial charge on any atom is -0.493 e. The third-order valence-electron chi connectivity index (χ3n) is 4.86. The number of ketones is 1. The van der Waals surface area contributed by atoms with Crippen LogP contribution < -0.4 is 9.47 Å². The Hall–Kier alpha value is -2.90. The number of benzene rings is 1. The number of alkyl halides is 2. The first-order chi connectivity index (χ1) is 13.3. The first-order valence-corrected chi connectivity index (χ1v) is 8.93. The molecule has 1 aromatic carbocycles. The van der Waals surface area contributed by atoms with Crippen molar-refractivity contribution in [2.75, 3.05) is 14.2 Å². The van der Waals surface area contributed by atoms with E-state index in [4.69, 9.17) is 4.74 Å². The largest absolute Gasteiger partial charge is 0.493 e. The summed E-state index contributed by atoms with van der Waals surface area (Å²) in [4.78, 5) is 29.6. The molecule has 1 amide bonds. The lowest BCUT2D eigenvalue weighted by atomic mass is 9.94. The molecule has 0 radical (unpaired) electrons. The van der Waals surface area contributed by atoms with Gasteiger partial charge in [-0.1, -0.05) is 6.07 Å². The zero-order chi connectivity index (χ0) is 20.4. The molecule has 0 bridgehead atoms. The molecule has 8 heteroatoms. The van der Waals surface area contributed by atoms with Crippen molar-refractivity contribution in [2.45, 2.75) is 39.3 Å². The fraction of sp³-hybridized carbons (Fsp3) is 0.400. The normalized spacial score (nSPS) is 13.4. The maximum absolute atomic E-state index is 12.9. The van der Waals surface area contributed by atoms with Crippen LogP contribution in [-0.4, -0.2) is 42.3 Å².